The second-order valence-corrected chi connectivity index (χ2v) is 7.04. The average Bonchev–Trinajstić information content (AvgIpc) is 2.47. The molecular formula is C18H28N2O. The number of carbonyl (C=O) groups is 1. The Morgan fingerprint density at radius 1 is 1.29 bits per heavy atom. The van der Waals surface area contributed by atoms with Gasteiger partial charge in [-0.05, 0) is 65.0 Å². The van der Waals surface area contributed by atoms with E-state index in [-0.39, 0.29) is 11.4 Å². The second-order valence-electron chi connectivity index (χ2n) is 7.04. The predicted octanol–water partition coefficient (Wildman–Crippen LogP) is 3.05. The van der Waals surface area contributed by atoms with Crippen LogP contribution in [-0.4, -0.2) is 23.5 Å². The number of amides is 1. The van der Waals surface area contributed by atoms with Crippen molar-refractivity contribution < 1.29 is 4.79 Å². The van der Waals surface area contributed by atoms with Crippen molar-refractivity contribution in [2.45, 2.75) is 64.0 Å². The van der Waals surface area contributed by atoms with E-state index >= 15 is 0 Å². The molecule has 1 aromatic carbocycles. The van der Waals surface area contributed by atoms with Crippen molar-refractivity contribution in [2.24, 2.45) is 0 Å². The highest BCUT2D eigenvalue weighted by atomic mass is 16.2. The van der Waals surface area contributed by atoms with E-state index in [9.17, 15) is 4.79 Å². The maximum Gasteiger partial charge on any atom is 0.240 e. The lowest BCUT2D eigenvalue weighted by Crippen LogP contribution is -2.60. The highest BCUT2D eigenvalue weighted by Crippen LogP contribution is 2.21. The van der Waals surface area contributed by atoms with Crippen LogP contribution in [0.2, 0.25) is 0 Å². The van der Waals surface area contributed by atoms with Gasteiger partial charge in [-0.25, -0.2) is 0 Å². The number of piperidine rings is 1. The third-order valence-electron chi connectivity index (χ3n) is 4.45. The maximum atomic E-state index is 12.6. The second kappa shape index (κ2) is 6.61. The quantitative estimate of drug-likeness (QED) is 0.874. The first-order valence-corrected chi connectivity index (χ1v) is 8.03. The molecule has 1 saturated heterocycles. The summed E-state index contributed by atoms with van der Waals surface area (Å²) < 4.78 is 0. The molecule has 1 atom stereocenters. The van der Waals surface area contributed by atoms with Crippen LogP contribution in [0.4, 0.5) is 0 Å². The van der Waals surface area contributed by atoms with Crippen molar-refractivity contribution >= 4 is 5.91 Å². The lowest BCUT2D eigenvalue weighted by Gasteiger charge is -2.37. The molecule has 0 bridgehead atoms. The van der Waals surface area contributed by atoms with Crippen LogP contribution in [0.3, 0.4) is 0 Å². The van der Waals surface area contributed by atoms with Gasteiger partial charge in [-0.2, -0.15) is 0 Å². The van der Waals surface area contributed by atoms with Crippen LogP contribution >= 0.6 is 0 Å². The lowest BCUT2D eigenvalue weighted by molar-refractivity contribution is -0.129. The summed E-state index contributed by atoms with van der Waals surface area (Å²) in [6.45, 7) is 7.18. The summed E-state index contributed by atoms with van der Waals surface area (Å²) in [6.07, 6.45) is 5.15. The van der Waals surface area contributed by atoms with E-state index in [1.807, 2.05) is 13.0 Å². The Bertz CT molecular complexity index is 461. The molecule has 21 heavy (non-hydrogen) atoms. The minimum atomic E-state index is -0.401. The summed E-state index contributed by atoms with van der Waals surface area (Å²) in [4.78, 5) is 12.6. The van der Waals surface area contributed by atoms with Crippen molar-refractivity contribution in [1.82, 2.24) is 10.6 Å². The number of nitrogens with one attached hydrogen (secondary N) is 2. The average molecular weight is 288 g/mol. The van der Waals surface area contributed by atoms with Gasteiger partial charge in [0.1, 0.15) is 0 Å². The number of hydrogen-bond acceptors (Lipinski definition) is 2. The Morgan fingerprint density at radius 3 is 2.62 bits per heavy atom. The van der Waals surface area contributed by atoms with Crippen molar-refractivity contribution in [3.63, 3.8) is 0 Å². The summed E-state index contributed by atoms with van der Waals surface area (Å²) in [6, 6.07) is 10.4. The number of carbonyl (C=O) groups excluding carboxylic acids is 1. The fourth-order valence-electron chi connectivity index (χ4n) is 2.86. The van der Waals surface area contributed by atoms with E-state index in [0.29, 0.717) is 0 Å². The van der Waals surface area contributed by atoms with E-state index in [0.717, 1.165) is 32.2 Å². The topological polar surface area (TPSA) is 41.1 Å². The Morgan fingerprint density at radius 2 is 2.00 bits per heavy atom. The van der Waals surface area contributed by atoms with Gasteiger partial charge in [0, 0.05) is 5.54 Å². The molecule has 0 aliphatic carbocycles. The molecule has 0 radical (unpaired) electrons. The molecule has 1 amide bonds. The highest BCUT2D eigenvalue weighted by Gasteiger charge is 2.36. The predicted molar refractivity (Wildman–Crippen MR) is 87.2 cm³/mol. The third-order valence-corrected chi connectivity index (χ3v) is 4.45. The highest BCUT2D eigenvalue weighted by molar-refractivity contribution is 5.86. The van der Waals surface area contributed by atoms with E-state index < -0.39 is 5.54 Å². The van der Waals surface area contributed by atoms with Crippen LogP contribution in [0, 0.1) is 0 Å². The first kappa shape index (κ1) is 16.0. The molecule has 1 unspecified atom stereocenters. The van der Waals surface area contributed by atoms with Crippen LogP contribution in [0.25, 0.3) is 0 Å². The molecule has 1 aliphatic heterocycles. The monoisotopic (exact) mass is 288 g/mol. The zero-order valence-electron chi connectivity index (χ0n) is 13.5. The molecule has 0 saturated carbocycles. The SMILES string of the molecule is CC(C)(CCc1ccccc1)NC(=O)C1(C)CCCCN1. The van der Waals surface area contributed by atoms with Gasteiger partial charge >= 0.3 is 0 Å². The Hall–Kier alpha value is -1.35. The molecule has 1 heterocycles. The number of aryl methyl sites for hydroxylation is 1. The Labute approximate surface area is 128 Å². The van der Waals surface area contributed by atoms with Gasteiger partial charge in [0.2, 0.25) is 5.91 Å². The van der Waals surface area contributed by atoms with Crippen molar-refractivity contribution in [1.29, 1.82) is 0 Å². The van der Waals surface area contributed by atoms with E-state index in [1.54, 1.807) is 0 Å². The summed E-state index contributed by atoms with van der Waals surface area (Å²) in [7, 11) is 0. The van der Waals surface area contributed by atoms with Crippen LogP contribution < -0.4 is 10.6 Å². The van der Waals surface area contributed by atoms with Gasteiger partial charge < -0.3 is 10.6 Å². The maximum absolute atomic E-state index is 12.6. The van der Waals surface area contributed by atoms with Gasteiger partial charge in [-0.1, -0.05) is 30.3 Å². The van der Waals surface area contributed by atoms with Gasteiger partial charge in [-0.15, -0.1) is 0 Å². The molecule has 2 N–H and O–H groups in total. The zero-order chi connectivity index (χ0) is 15.3. The Balaban J connectivity index is 1.89. The number of rotatable bonds is 5. The molecule has 1 fully saturated rings. The van der Waals surface area contributed by atoms with Gasteiger partial charge in [0.25, 0.3) is 0 Å². The minimum Gasteiger partial charge on any atom is -0.350 e. The van der Waals surface area contributed by atoms with E-state index in [1.165, 1.54) is 12.0 Å². The summed E-state index contributed by atoms with van der Waals surface area (Å²) >= 11 is 0. The molecule has 3 nitrogen and oxygen atoms in total. The Kier molecular flexibility index (Phi) is 5.04. The number of hydrogen-bond donors (Lipinski definition) is 2. The standard InChI is InChI=1S/C18H28N2O/c1-17(2,13-11-15-9-5-4-6-10-15)20-16(21)18(3)12-7-8-14-19-18/h4-6,9-10,19H,7-8,11-14H2,1-3H3,(H,20,21). The minimum absolute atomic E-state index is 0.139. The fourth-order valence-corrected chi connectivity index (χ4v) is 2.86. The molecule has 1 aromatic rings. The normalized spacial score (nSPS) is 22.8. The smallest absolute Gasteiger partial charge is 0.240 e. The lowest BCUT2D eigenvalue weighted by atomic mass is 9.88. The van der Waals surface area contributed by atoms with E-state index in [2.05, 4.69) is 48.7 Å². The fraction of sp³-hybridized carbons (Fsp3) is 0.611. The molecule has 0 aromatic heterocycles. The van der Waals surface area contributed by atoms with Gasteiger partial charge in [0.05, 0.1) is 5.54 Å². The van der Waals surface area contributed by atoms with E-state index in [4.69, 9.17) is 0 Å². The largest absolute Gasteiger partial charge is 0.350 e. The van der Waals surface area contributed by atoms with Gasteiger partial charge in [0.15, 0.2) is 0 Å². The molecule has 2 rings (SSSR count). The van der Waals surface area contributed by atoms with Gasteiger partial charge in [-0.3, -0.25) is 4.79 Å². The van der Waals surface area contributed by atoms with Crippen molar-refractivity contribution in [3.05, 3.63) is 35.9 Å². The summed E-state index contributed by atoms with van der Waals surface area (Å²) in [5.41, 5.74) is 0.735. The number of benzene rings is 1. The summed E-state index contributed by atoms with van der Waals surface area (Å²) in [5.74, 6) is 0.139. The molecular weight excluding hydrogens is 260 g/mol. The third kappa shape index (κ3) is 4.57. The molecule has 3 heteroatoms. The molecule has 116 valence electrons. The summed E-state index contributed by atoms with van der Waals surface area (Å²) in [5, 5.41) is 6.61. The van der Waals surface area contributed by atoms with Crippen LogP contribution in [0.1, 0.15) is 52.0 Å². The first-order valence-electron chi connectivity index (χ1n) is 8.03. The van der Waals surface area contributed by atoms with Crippen LogP contribution in [-0.2, 0) is 11.2 Å². The van der Waals surface area contributed by atoms with Crippen LogP contribution in [0.5, 0.6) is 0 Å². The van der Waals surface area contributed by atoms with Crippen molar-refractivity contribution in [2.75, 3.05) is 6.54 Å². The van der Waals surface area contributed by atoms with Crippen LogP contribution in [0.15, 0.2) is 30.3 Å². The zero-order valence-corrected chi connectivity index (χ0v) is 13.5. The molecule has 0 spiro atoms. The molecule has 1 aliphatic rings. The van der Waals surface area contributed by atoms with Crippen molar-refractivity contribution in [3.8, 4) is 0 Å². The first-order chi connectivity index (χ1) is 9.91.